The van der Waals surface area contributed by atoms with E-state index in [0.29, 0.717) is 35.1 Å². The molecule has 2 rings (SSSR count). The summed E-state index contributed by atoms with van der Waals surface area (Å²) in [5.74, 6) is 0.171. The van der Waals surface area contributed by atoms with Crippen molar-refractivity contribution in [2.75, 3.05) is 19.3 Å². The maximum atomic E-state index is 13.0. The molecule has 0 bridgehead atoms. The summed E-state index contributed by atoms with van der Waals surface area (Å²) in [7, 11) is -3.25. The first kappa shape index (κ1) is 25.3. The van der Waals surface area contributed by atoms with Crippen molar-refractivity contribution in [3.63, 3.8) is 0 Å². The van der Waals surface area contributed by atoms with Crippen LogP contribution in [0.15, 0.2) is 52.4 Å². The number of hydrogen-bond acceptors (Lipinski definition) is 4. The molecular formula is C20H27FIN3O3S. The monoisotopic (exact) mass is 535 g/mol. The Morgan fingerprint density at radius 2 is 1.83 bits per heavy atom. The van der Waals surface area contributed by atoms with Gasteiger partial charge in [-0.2, -0.15) is 0 Å². The number of nitrogens with one attached hydrogen (secondary N) is 2. The molecule has 3 N–H and O–H groups in total. The van der Waals surface area contributed by atoms with E-state index in [4.69, 9.17) is 0 Å². The second-order valence-corrected chi connectivity index (χ2v) is 8.50. The largest absolute Gasteiger partial charge is 0.387 e. The van der Waals surface area contributed by atoms with Gasteiger partial charge in [0.25, 0.3) is 0 Å². The molecule has 0 spiro atoms. The van der Waals surface area contributed by atoms with Crippen molar-refractivity contribution in [1.29, 1.82) is 0 Å². The molecule has 0 fully saturated rings. The van der Waals surface area contributed by atoms with Crippen molar-refractivity contribution >= 4 is 39.8 Å². The summed E-state index contributed by atoms with van der Waals surface area (Å²) in [6.07, 6.45) is 0.382. The molecule has 0 radical (unpaired) electrons. The standard InChI is InChI=1S/C20H26FN3O3S.HI/c1-4-22-20(24-13-18(25)16-6-8-17(21)9-7-16)23-12-15-5-10-19(14(2)11-15)28(3,26)27;/h5-11,18,25H,4,12-13H2,1-3H3,(H2,22,23,24);1H. The summed E-state index contributed by atoms with van der Waals surface area (Å²) in [5.41, 5.74) is 2.16. The molecule has 29 heavy (non-hydrogen) atoms. The highest BCUT2D eigenvalue weighted by molar-refractivity contribution is 14.0. The first-order chi connectivity index (χ1) is 13.2. The zero-order chi connectivity index (χ0) is 20.7. The maximum absolute atomic E-state index is 13.0. The fourth-order valence-electron chi connectivity index (χ4n) is 2.73. The van der Waals surface area contributed by atoms with Crippen molar-refractivity contribution in [3.8, 4) is 0 Å². The van der Waals surface area contributed by atoms with E-state index in [-0.39, 0.29) is 36.3 Å². The average Bonchev–Trinajstić information content (AvgIpc) is 2.63. The molecule has 0 amide bonds. The van der Waals surface area contributed by atoms with Gasteiger partial charge in [-0.15, -0.1) is 24.0 Å². The molecular weight excluding hydrogens is 508 g/mol. The molecule has 2 aromatic carbocycles. The normalized spacial score (nSPS) is 12.8. The van der Waals surface area contributed by atoms with Crippen molar-refractivity contribution in [3.05, 3.63) is 65.0 Å². The Hall–Kier alpha value is -1.72. The van der Waals surface area contributed by atoms with E-state index in [1.807, 2.05) is 6.92 Å². The van der Waals surface area contributed by atoms with Gasteiger partial charge in [0.2, 0.25) is 0 Å². The van der Waals surface area contributed by atoms with Crippen molar-refractivity contribution < 1.29 is 17.9 Å². The van der Waals surface area contributed by atoms with Crippen LogP contribution in [-0.4, -0.2) is 38.8 Å². The molecule has 9 heteroatoms. The van der Waals surface area contributed by atoms with Gasteiger partial charge in [0.15, 0.2) is 15.8 Å². The lowest BCUT2D eigenvalue weighted by Gasteiger charge is -2.15. The van der Waals surface area contributed by atoms with Crippen molar-refractivity contribution in [2.24, 2.45) is 4.99 Å². The fourth-order valence-corrected chi connectivity index (χ4v) is 3.69. The lowest BCUT2D eigenvalue weighted by Crippen LogP contribution is -2.39. The second-order valence-electron chi connectivity index (χ2n) is 6.52. The highest BCUT2D eigenvalue weighted by Gasteiger charge is 2.11. The van der Waals surface area contributed by atoms with Gasteiger partial charge in [-0.05, 0) is 48.7 Å². The van der Waals surface area contributed by atoms with E-state index in [2.05, 4.69) is 15.6 Å². The maximum Gasteiger partial charge on any atom is 0.191 e. The third-order valence-corrected chi connectivity index (χ3v) is 5.38. The molecule has 160 valence electrons. The van der Waals surface area contributed by atoms with Crippen LogP contribution < -0.4 is 10.6 Å². The fraction of sp³-hybridized carbons (Fsp3) is 0.350. The lowest BCUT2D eigenvalue weighted by molar-refractivity contribution is 0.180. The molecule has 0 aliphatic heterocycles. The van der Waals surface area contributed by atoms with Crippen LogP contribution in [0.25, 0.3) is 0 Å². The average molecular weight is 535 g/mol. The molecule has 2 aromatic rings. The Kier molecular flexibility index (Phi) is 10.0. The van der Waals surface area contributed by atoms with Crippen LogP contribution in [0.4, 0.5) is 4.39 Å². The van der Waals surface area contributed by atoms with E-state index in [1.54, 1.807) is 25.1 Å². The summed E-state index contributed by atoms with van der Waals surface area (Å²) >= 11 is 0. The molecule has 0 aromatic heterocycles. The quantitative estimate of drug-likeness (QED) is 0.288. The first-order valence-electron chi connectivity index (χ1n) is 8.96. The minimum absolute atomic E-state index is 0. The molecule has 0 heterocycles. The van der Waals surface area contributed by atoms with Gasteiger partial charge in [-0.25, -0.2) is 17.8 Å². The Labute approximate surface area is 188 Å². The summed E-state index contributed by atoms with van der Waals surface area (Å²) in [6, 6.07) is 10.8. The van der Waals surface area contributed by atoms with E-state index in [9.17, 15) is 17.9 Å². The van der Waals surface area contributed by atoms with E-state index < -0.39 is 15.9 Å². The third-order valence-electron chi connectivity index (χ3n) is 4.12. The Morgan fingerprint density at radius 1 is 1.17 bits per heavy atom. The highest BCUT2D eigenvalue weighted by Crippen LogP contribution is 2.17. The third kappa shape index (κ3) is 7.90. The summed E-state index contributed by atoms with van der Waals surface area (Å²) < 4.78 is 36.4. The number of aliphatic imine (C=N–C) groups is 1. The summed E-state index contributed by atoms with van der Waals surface area (Å²) in [4.78, 5) is 4.78. The van der Waals surface area contributed by atoms with E-state index >= 15 is 0 Å². The Bertz CT molecular complexity index is 934. The van der Waals surface area contributed by atoms with Crippen molar-refractivity contribution in [2.45, 2.75) is 31.4 Å². The van der Waals surface area contributed by atoms with Crippen LogP contribution in [-0.2, 0) is 16.4 Å². The smallest absolute Gasteiger partial charge is 0.191 e. The first-order valence-corrected chi connectivity index (χ1v) is 10.8. The predicted molar refractivity (Wildman–Crippen MR) is 124 cm³/mol. The van der Waals surface area contributed by atoms with Crippen molar-refractivity contribution in [1.82, 2.24) is 10.6 Å². The van der Waals surface area contributed by atoms with Crippen LogP contribution in [0.3, 0.4) is 0 Å². The molecule has 0 saturated carbocycles. The number of rotatable bonds is 7. The van der Waals surface area contributed by atoms with Crippen LogP contribution in [0.2, 0.25) is 0 Å². The second kappa shape index (κ2) is 11.5. The number of benzene rings is 2. The number of aliphatic hydroxyl groups excluding tert-OH is 1. The topological polar surface area (TPSA) is 90.8 Å². The molecule has 0 aliphatic rings. The zero-order valence-corrected chi connectivity index (χ0v) is 19.8. The summed E-state index contributed by atoms with van der Waals surface area (Å²) in [6.45, 7) is 4.89. The van der Waals surface area contributed by atoms with Gasteiger partial charge in [0, 0.05) is 19.3 Å². The van der Waals surface area contributed by atoms with Crippen LogP contribution in [0.5, 0.6) is 0 Å². The Balaban J connectivity index is 0.00000420. The molecule has 1 atom stereocenters. The Morgan fingerprint density at radius 3 is 2.38 bits per heavy atom. The van der Waals surface area contributed by atoms with Gasteiger partial charge >= 0.3 is 0 Å². The number of aliphatic hydroxyl groups is 1. The van der Waals surface area contributed by atoms with Gasteiger partial charge in [-0.3, -0.25) is 0 Å². The SMILES string of the molecule is CCNC(=NCc1ccc(S(C)(=O)=O)c(C)c1)NCC(O)c1ccc(F)cc1.I. The van der Waals surface area contributed by atoms with Gasteiger partial charge in [0.05, 0.1) is 17.5 Å². The lowest BCUT2D eigenvalue weighted by atomic mass is 10.1. The summed E-state index contributed by atoms with van der Waals surface area (Å²) in [5, 5.41) is 16.4. The molecule has 0 saturated heterocycles. The minimum Gasteiger partial charge on any atom is -0.387 e. The zero-order valence-electron chi connectivity index (χ0n) is 16.6. The van der Waals surface area contributed by atoms with E-state index in [1.165, 1.54) is 30.5 Å². The molecule has 6 nitrogen and oxygen atoms in total. The van der Waals surface area contributed by atoms with Gasteiger partial charge in [-0.1, -0.05) is 24.3 Å². The van der Waals surface area contributed by atoms with Crippen LogP contribution in [0.1, 0.15) is 29.7 Å². The number of hydrogen-bond donors (Lipinski definition) is 3. The van der Waals surface area contributed by atoms with Gasteiger partial charge < -0.3 is 15.7 Å². The number of sulfone groups is 1. The molecule has 1 unspecified atom stereocenters. The predicted octanol–water partition coefficient (Wildman–Crippen LogP) is 2.94. The highest BCUT2D eigenvalue weighted by atomic mass is 127. The van der Waals surface area contributed by atoms with Crippen LogP contribution >= 0.6 is 24.0 Å². The number of aryl methyl sites for hydroxylation is 1. The number of guanidine groups is 1. The van der Waals surface area contributed by atoms with Gasteiger partial charge in [0.1, 0.15) is 5.82 Å². The number of nitrogens with zero attached hydrogens (tertiary/aromatic N) is 1. The molecule has 0 aliphatic carbocycles. The number of halogens is 2. The van der Waals surface area contributed by atoms with E-state index in [0.717, 1.165) is 5.56 Å². The van der Waals surface area contributed by atoms with Crippen LogP contribution in [0, 0.1) is 12.7 Å². The minimum atomic E-state index is -3.25.